The average molecular weight is 744 g/mol. The van der Waals surface area contributed by atoms with Crippen molar-refractivity contribution in [1.82, 2.24) is 4.90 Å². The Morgan fingerprint density at radius 3 is 2.13 bits per heavy atom. The van der Waals surface area contributed by atoms with E-state index in [1.165, 1.54) is 7.11 Å². The zero-order chi connectivity index (χ0) is 39.5. The number of nitrogens with zero attached hydrogens (tertiary/aromatic N) is 1. The Morgan fingerprint density at radius 1 is 0.923 bits per heavy atom. The van der Waals surface area contributed by atoms with Gasteiger partial charge in [-0.2, -0.15) is 0 Å². The fourth-order valence-electron chi connectivity index (χ4n) is 9.08. The number of rotatable bonds is 9. The third-order valence-corrected chi connectivity index (χ3v) is 12.2. The van der Waals surface area contributed by atoms with E-state index in [1.807, 2.05) is 48.6 Å². The summed E-state index contributed by atoms with van der Waals surface area (Å²) in [6, 6.07) is -0.0472. The van der Waals surface area contributed by atoms with Crippen molar-refractivity contribution in [2.75, 3.05) is 20.7 Å². The summed E-state index contributed by atoms with van der Waals surface area (Å²) in [6.45, 7) is 23.5. The number of ether oxygens (including phenoxy) is 6. The molecule has 3 N–H and O–H groups in total. The number of hydrogen-bond donors (Lipinski definition) is 3. The van der Waals surface area contributed by atoms with Gasteiger partial charge in [0.05, 0.1) is 41.5 Å². The van der Waals surface area contributed by atoms with Crippen LogP contribution < -0.4 is 0 Å². The lowest BCUT2D eigenvalue weighted by Crippen LogP contribution is -2.60. The first-order valence-electron chi connectivity index (χ1n) is 19.8. The highest BCUT2D eigenvalue weighted by Crippen LogP contribution is 2.40. The third-order valence-electron chi connectivity index (χ3n) is 12.2. The number of Topliss-reactive ketones (excluding diaryl/α,β-unsaturated/α-hetero) is 1. The standard InChI is InChI=1S/C40H73NO11/c1-15-31-22(4)16-23(5)33(43)24(6)18-39(11,46)36(52-38-30(42)17-29(27(9)49-38)41(13)20-21(2)3)25(7)34(26(8)37(45)50-31)51-32-19-40(12,47-14)35(44)28(10)48-32/h21-32,34-36,38,42,44,46H,15-20H2,1-14H3/t22-,23-,24-,25+,26-,27+,28-,29+,30+,31-,32+,34+,35-,36-,38-,39-,40+/m1/s1. The third kappa shape index (κ3) is 10.8. The normalized spacial score (nSPS) is 46.2. The van der Waals surface area contributed by atoms with E-state index in [2.05, 4.69) is 18.7 Å². The molecule has 0 amide bonds. The van der Waals surface area contributed by atoms with Crippen LogP contribution in [0.4, 0.5) is 0 Å². The minimum Gasteiger partial charge on any atom is -0.462 e. The molecule has 12 heteroatoms. The van der Waals surface area contributed by atoms with Gasteiger partial charge in [0, 0.05) is 43.9 Å². The van der Waals surface area contributed by atoms with E-state index >= 15 is 0 Å². The van der Waals surface area contributed by atoms with Crippen molar-refractivity contribution in [2.45, 2.75) is 188 Å². The number of esters is 1. The molecular weight excluding hydrogens is 670 g/mol. The molecule has 3 fully saturated rings. The highest BCUT2D eigenvalue weighted by atomic mass is 16.7. The summed E-state index contributed by atoms with van der Waals surface area (Å²) in [4.78, 5) is 30.1. The van der Waals surface area contributed by atoms with Gasteiger partial charge in [0.2, 0.25) is 0 Å². The Labute approximate surface area is 313 Å². The Hall–Kier alpha value is -1.22. The molecule has 0 aromatic rings. The summed E-state index contributed by atoms with van der Waals surface area (Å²) in [6.07, 6.45) is -5.49. The summed E-state index contributed by atoms with van der Waals surface area (Å²) in [5.74, 6) is -2.51. The van der Waals surface area contributed by atoms with Crippen molar-refractivity contribution in [1.29, 1.82) is 0 Å². The lowest BCUT2D eigenvalue weighted by molar-refractivity contribution is -0.317. The first-order chi connectivity index (χ1) is 24.1. The van der Waals surface area contributed by atoms with Crippen molar-refractivity contribution < 1.29 is 53.3 Å². The Balaban J connectivity index is 2.09. The van der Waals surface area contributed by atoms with E-state index in [1.54, 1.807) is 27.7 Å². The van der Waals surface area contributed by atoms with Gasteiger partial charge in [-0.3, -0.25) is 9.59 Å². The molecule has 0 saturated carbocycles. The first kappa shape index (κ1) is 45.2. The summed E-state index contributed by atoms with van der Waals surface area (Å²) in [7, 11) is 3.55. The van der Waals surface area contributed by atoms with E-state index < -0.39 is 84.1 Å². The molecule has 3 aliphatic rings. The van der Waals surface area contributed by atoms with Crippen LogP contribution in [0.3, 0.4) is 0 Å². The minimum atomic E-state index is -1.63. The van der Waals surface area contributed by atoms with Crippen LogP contribution in [-0.4, -0.2) is 125 Å². The number of ketones is 1. The summed E-state index contributed by atoms with van der Waals surface area (Å²) >= 11 is 0. The van der Waals surface area contributed by atoms with Gasteiger partial charge < -0.3 is 48.6 Å². The Bertz CT molecular complexity index is 1150. The second-order valence-corrected chi connectivity index (χ2v) is 17.5. The van der Waals surface area contributed by atoms with E-state index in [-0.39, 0.29) is 42.6 Å². The van der Waals surface area contributed by atoms with Crippen molar-refractivity contribution in [3.8, 4) is 0 Å². The molecule has 52 heavy (non-hydrogen) atoms. The van der Waals surface area contributed by atoms with Crippen LogP contribution in [0.1, 0.15) is 115 Å². The van der Waals surface area contributed by atoms with Crippen LogP contribution >= 0.6 is 0 Å². The van der Waals surface area contributed by atoms with Gasteiger partial charge in [-0.1, -0.05) is 48.5 Å². The monoisotopic (exact) mass is 744 g/mol. The minimum absolute atomic E-state index is 0.0125. The van der Waals surface area contributed by atoms with Crippen molar-refractivity contribution >= 4 is 11.8 Å². The number of likely N-dealkylation sites (N-methyl/N-ethyl adjacent to an activating group) is 1. The molecule has 0 radical (unpaired) electrons. The largest absolute Gasteiger partial charge is 0.462 e. The molecule has 12 nitrogen and oxygen atoms in total. The second kappa shape index (κ2) is 18.6. The molecule has 0 aliphatic carbocycles. The van der Waals surface area contributed by atoms with Gasteiger partial charge in [-0.25, -0.2) is 0 Å². The summed E-state index contributed by atoms with van der Waals surface area (Å²) in [5, 5.41) is 34.8. The fraction of sp³-hybridized carbons (Fsp3) is 0.950. The Morgan fingerprint density at radius 2 is 1.56 bits per heavy atom. The average Bonchev–Trinajstić information content (AvgIpc) is 3.06. The van der Waals surface area contributed by atoms with E-state index in [4.69, 9.17) is 28.4 Å². The van der Waals surface area contributed by atoms with Gasteiger partial charge in [0.25, 0.3) is 0 Å². The van der Waals surface area contributed by atoms with E-state index in [9.17, 15) is 24.9 Å². The highest BCUT2D eigenvalue weighted by molar-refractivity contribution is 5.83. The fourth-order valence-corrected chi connectivity index (χ4v) is 9.08. The van der Waals surface area contributed by atoms with Crippen LogP contribution in [-0.2, 0) is 38.0 Å². The molecule has 304 valence electrons. The Kier molecular flexibility index (Phi) is 16.2. The highest BCUT2D eigenvalue weighted by Gasteiger charge is 2.51. The van der Waals surface area contributed by atoms with Crippen molar-refractivity contribution in [2.24, 2.45) is 35.5 Å². The summed E-state index contributed by atoms with van der Waals surface area (Å²) < 4.78 is 37.9. The first-order valence-corrected chi connectivity index (χ1v) is 19.8. The molecule has 3 saturated heterocycles. The molecule has 17 atom stereocenters. The molecular formula is C40H73NO11. The van der Waals surface area contributed by atoms with Gasteiger partial charge in [0.1, 0.15) is 24.1 Å². The van der Waals surface area contributed by atoms with Crippen LogP contribution in [0.5, 0.6) is 0 Å². The molecule has 0 aromatic carbocycles. The molecule has 0 unspecified atom stereocenters. The zero-order valence-electron chi connectivity index (χ0n) is 34.5. The van der Waals surface area contributed by atoms with Gasteiger partial charge in [-0.15, -0.1) is 0 Å². The number of aliphatic hydroxyl groups is 3. The van der Waals surface area contributed by atoms with E-state index in [0.717, 1.165) is 6.54 Å². The predicted octanol–water partition coefficient (Wildman–Crippen LogP) is 4.73. The second-order valence-electron chi connectivity index (χ2n) is 17.5. The molecule has 3 aliphatic heterocycles. The molecule has 0 spiro atoms. The SMILES string of the molecule is CC[C@H]1OC(=O)[C@H](C)[C@@H](O[C@H]2C[C@](C)(OC)[C@H](O)[C@@H](C)O2)[C@H](C)[C@@H](O[C@H]2O[C@@H](C)[C@@H](N(C)CC(C)C)C[C@@H]2O)[C@](C)(O)C[C@@H](C)C(=O)[C@H](C)C[C@H]1C. The van der Waals surface area contributed by atoms with Crippen LogP contribution in [0.15, 0.2) is 0 Å². The van der Waals surface area contributed by atoms with Gasteiger partial charge >= 0.3 is 5.97 Å². The van der Waals surface area contributed by atoms with Crippen LogP contribution in [0.25, 0.3) is 0 Å². The van der Waals surface area contributed by atoms with Gasteiger partial charge in [-0.05, 0) is 79.2 Å². The number of carbonyl (C=O) groups excluding carboxylic acids is 2. The van der Waals surface area contributed by atoms with Gasteiger partial charge in [0.15, 0.2) is 12.6 Å². The molecule has 3 rings (SSSR count). The maximum Gasteiger partial charge on any atom is 0.311 e. The van der Waals surface area contributed by atoms with Crippen molar-refractivity contribution in [3.63, 3.8) is 0 Å². The van der Waals surface area contributed by atoms with Crippen molar-refractivity contribution in [3.05, 3.63) is 0 Å². The van der Waals surface area contributed by atoms with Crippen LogP contribution in [0, 0.1) is 35.5 Å². The summed E-state index contributed by atoms with van der Waals surface area (Å²) in [5.41, 5.74) is -2.61. The lowest BCUT2D eigenvalue weighted by Gasteiger charge is -2.49. The number of carbonyl (C=O) groups is 2. The molecule has 3 heterocycles. The smallest absolute Gasteiger partial charge is 0.311 e. The quantitative estimate of drug-likeness (QED) is 0.280. The maximum absolute atomic E-state index is 14.1. The number of hydrogen-bond acceptors (Lipinski definition) is 12. The topological polar surface area (TPSA) is 153 Å². The molecule has 0 aromatic heterocycles. The number of aliphatic hydroxyl groups excluding tert-OH is 2. The number of cyclic esters (lactones) is 1. The zero-order valence-corrected chi connectivity index (χ0v) is 34.5. The maximum atomic E-state index is 14.1. The molecule has 0 bridgehead atoms. The van der Waals surface area contributed by atoms with E-state index in [0.29, 0.717) is 25.2 Å². The predicted molar refractivity (Wildman–Crippen MR) is 197 cm³/mol. The van der Waals surface area contributed by atoms with Crippen LogP contribution in [0.2, 0.25) is 0 Å². The lowest BCUT2D eigenvalue weighted by atomic mass is 9.75. The number of methoxy groups -OCH3 is 1.